The van der Waals surface area contributed by atoms with Gasteiger partial charge in [-0.3, -0.25) is 4.79 Å². The second kappa shape index (κ2) is 6.11. The summed E-state index contributed by atoms with van der Waals surface area (Å²) in [5.41, 5.74) is 3.23. The van der Waals surface area contributed by atoms with E-state index in [9.17, 15) is 15.0 Å². The van der Waals surface area contributed by atoms with E-state index in [0.717, 1.165) is 10.2 Å². The van der Waals surface area contributed by atoms with Crippen LogP contribution in [0.5, 0.6) is 11.5 Å². The predicted octanol–water partition coefficient (Wildman–Crippen LogP) is 2.27. The van der Waals surface area contributed by atoms with Crippen molar-refractivity contribution in [2.24, 2.45) is 0 Å². The predicted molar refractivity (Wildman–Crippen MR) is 81.2 cm³/mol. The highest BCUT2D eigenvalue weighted by molar-refractivity contribution is 7.16. The van der Waals surface area contributed by atoms with E-state index in [2.05, 4.69) is 0 Å². The molecule has 0 fully saturated rings. The Morgan fingerprint density at radius 1 is 1.24 bits per heavy atom. The smallest absolute Gasteiger partial charge is 0.227 e. The van der Waals surface area contributed by atoms with Crippen LogP contribution in [0.1, 0.15) is 10.4 Å². The molecule has 0 aliphatic heterocycles. The Hall–Kier alpha value is -2.11. The average Bonchev–Trinajstić information content (AvgIpc) is 2.85. The van der Waals surface area contributed by atoms with Crippen LogP contribution >= 0.6 is 23.7 Å². The molecule has 6 heteroatoms. The number of nitrogens with zero attached hydrogens (tertiary/aromatic N) is 1. The van der Waals surface area contributed by atoms with Crippen LogP contribution in [0.25, 0.3) is 10.2 Å². The van der Waals surface area contributed by atoms with Crippen LogP contribution in [0.2, 0.25) is 0 Å². The highest BCUT2D eigenvalue weighted by Gasteiger charge is 2.17. The van der Waals surface area contributed by atoms with Gasteiger partial charge in [0.1, 0.15) is 10.4 Å². The molecule has 108 valence electrons. The second-order valence-electron chi connectivity index (χ2n) is 4.42. The van der Waals surface area contributed by atoms with E-state index in [1.165, 1.54) is 18.2 Å². The van der Waals surface area contributed by atoms with Crippen LogP contribution in [0, 0.1) is 0 Å². The third-order valence-corrected chi connectivity index (χ3v) is 4.04. The molecule has 3 rings (SSSR count). The fourth-order valence-corrected chi connectivity index (χ4v) is 2.92. The maximum absolute atomic E-state index is 12.2. The minimum absolute atomic E-state index is 0. The van der Waals surface area contributed by atoms with E-state index in [1.54, 1.807) is 11.3 Å². The Balaban J connectivity index is 0.00000161. The topological polar surface area (TPSA) is 64.2 Å². The zero-order valence-corrected chi connectivity index (χ0v) is 12.5. The number of ketones is 1. The summed E-state index contributed by atoms with van der Waals surface area (Å²) in [5.74, 6) is -1.01. The van der Waals surface area contributed by atoms with Gasteiger partial charge in [0.25, 0.3) is 0 Å². The number of Topliss-reactive ketones (excluding diaryl/α,β-unsaturated/α-hetero) is 1. The SMILES string of the molecule is Cl.O=C(C[n+]1csc2ccccc21)c1ccc([O-])c(O)c1. The Kier molecular flexibility index (Phi) is 4.45. The minimum Gasteiger partial charge on any atom is -0.870 e. The summed E-state index contributed by atoms with van der Waals surface area (Å²) < 4.78 is 2.97. The van der Waals surface area contributed by atoms with Crippen LogP contribution < -0.4 is 9.67 Å². The molecule has 21 heavy (non-hydrogen) atoms. The number of halogens is 1. The van der Waals surface area contributed by atoms with Gasteiger partial charge in [-0.15, -0.1) is 12.4 Å². The zero-order chi connectivity index (χ0) is 14.1. The second-order valence-corrected chi connectivity index (χ2v) is 5.31. The fraction of sp³-hybridized carbons (Fsp3) is 0.0667. The number of aromatic nitrogens is 1. The third-order valence-electron chi connectivity index (χ3n) is 3.08. The van der Waals surface area contributed by atoms with Gasteiger partial charge in [-0.1, -0.05) is 41.4 Å². The number of fused-ring (bicyclic) bond motifs is 1. The standard InChI is InChI=1S/C15H11NO3S.ClH/c17-12-6-5-10(7-13(12)18)14(19)8-16-9-20-15-4-2-1-3-11(15)16;/h1-7,9H,8H2,(H-,17,18,19);1H. The number of hydrogen-bond donors (Lipinski definition) is 1. The number of para-hydroxylation sites is 1. The number of thiazole rings is 1. The highest BCUT2D eigenvalue weighted by Crippen LogP contribution is 2.22. The highest BCUT2D eigenvalue weighted by atomic mass is 35.5. The van der Waals surface area contributed by atoms with E-state index in [1.807, 2.05) is 34.3 Å². The summed E-state index contributed by atoms with van der Waals surface area (Å²) in [4.78, 5) is 12.2. The number of aromatic hydroxyl groups is 1. The lowest BCUT2D eigenvalue weighted by molar-refractivity contribution is -0.652. The van der Waals surface area contributed by atoms with E-state index in [-0.39, 0.29) is 24.7 Å². The minimum atomic E-state index is -0.477. The Bertz CT molecular complexity index is 800. The maximum Gasteiger partial charge on any atom is 0.227 e. The number of rotatable bonds is 3. The molecular formula is C15H12ClNO3S. The number of hydrogen-bond acceptors (Lipinski definition) is 4. The summed E-state index contributed by atoms with van der Waals surface area (Å²) in [6.07, 6.45) is 0. The van der Waals surface area contributed by atoms with E-state index in [0.29, 0.717) is 5.56 Å². The van der Waals surface area contributed by atoms with E-state index < -0.39 is 11.5 Å². The van der Waals surface area contributed by atoms with Crippen LogP contribution in [-0.4, -0.2) is 10.9 Å². The van der Waals surface area contributed by atoms with Crippen molar-refractivity contribution < 1.29 is 19.6 Å². The molecule has 2 aromatic carbocycles. The molecule has 0 aliphatic carbocycles. The summed E-state index contributed by atoms with van der Waals surface area (Å²) >= 11 is 1.57. The Labute approximate surface area is 131 Å². The van der Waals surface area contributed by atoms with E-state index in [4.69, 9.17) is 0 Å². The van der Waals surface area contributed by atoms with Crippen molar-refractivity contribution in [1.82, 2.24) is 0 Å². The molecule has 1 aromatic heterocycles. The molecule has 0 spiro atoms. The van der Waals surface area contributed by atoms with Gasteiger partial charge < -0.3 is 10.2 Å². The molecule has 0 atom stereocenters. The van der Waals surface area contributed by atoms with Gasteiger partial charge in [0.2, 0.25) is 23.4 Å². The molecule has 0 saturated carbocycles. The van der Waals surface area contributed by atoms with Gasteiger partial charge >= 0.3 is 0 Å². The lowest BCUT2D eigenvalue weighted by atomic mass is 10.1. The molecule has 0 bridgehead atoms. The molecule has 0 saturated heterocycles. The number of phenols is 1. The largest absolute Gasteiger partial charge is 0.870 e. The first-order valence-electron chi connectivity index (χ1n) is 6.04. The van der Waals surface area contributed by atoms with Crippen molar-refractivity contribution in [2.75, 3.05) is 0 Å². The molecule has 1 N–H and O–H groups in total. The van der Waals surface area contributed by atoms with Crippen molar-refractivity contribution in [1.29, 1.82) is 0 Å². The molecule has 0 unspecified atom stereocenters. The first-order chi connectivity index (χ1) is 9.65. The quantitative estimate of drug-likeness (QED) is 0.594. The summed E-state index contributed by atoms with van der Waals surface area (Å²) in [6.45, 7) is 0.182. The molecule has 1 heterocycles. The van der Waals surface area contributed by atoms with Crippen molar-refractivity contribution in [3.63, 3.8) is 0 Å². The number of carbonyl (C=O) groups is 1. The first-order valence-corrected chi connectivity index (χ1v) is 6.92. The number of phenolic OH excluding ortho intramolecular Hbond substituents is 1. The number of benzene rings is 2. The molecule has 0 aliphatic rings. The summed E-state index contributed by atoms with van der Waals surface area (Å²) in [5, 5.41) is 20.5. The van der Waals surface area contributed by atoms with Crippen molar-refractivity contribution in [3.8, 4) is 11.5 Å². The van der Waals surface area contributed by atoms with Crippen LogP contribution in [0.4, 0.5) is 0 Å². The maximum atomic E-state index is 12.2. The molecule has 0 radical (unpaired) electrons. The number of carbonyl (C=O) groups excluding carboxylic acids is 1. The zero-order valence-electron chi connectivity index (χ0n) is 10.9. The molecule has 4 nitrogen and oxygen atoms in total. The van der Waals surface area contributed by atoms with Crippen molar-refractivity contribution in [3.05, 3.63) is 53.5 Å². The van der Waals surface area contributed by atoms with Gasteiger partial charge in [-0.05, 0) is 12.1 Å². The molecule has 3 aromatic rings. The summed E-state index contributed by atoms with van der Waals surface area (Å²) in [7, 11) is 0. The first kappa shape index (κ1) is 15.3. The van der Waals surface area contributed by atoms with Crippen molar-refractivity contribution >= 4 is 39.7 Å². The monoisotopic (exact) mass is 321 g/mol. The van der Waals surface area contributed by atoms with Gasteiger partial charge in [-0.25, -0.2) is 0 Å². The summed E-state index contributed by atoms with van der Waals surface area (Å²) in [6, 6.07) is 11.7. The molecular weight excluding hydrogens is 310 g/mol. The normalized spacial score (nSPS) is 10.3. The fourth-order valence-electron chi connectivity index (χ4n) is 2.03. The van der Waals surface area contributed by atoms with Gasteiger partial charge in [0, 0.05) is 11.6 Å². The van der Waals surface area contributed by atoms with Crippen molar-refractivity contribution in [2.45, 2.75) is 6.54 Å². The van der Waals surface area contributed by atoms with Crippen LogP contribution in [0.3, 0.4) is 0 Å². The van der Waals surface area contributed by atoms with Gasteiger partial charge in [0.15, 0.2) is 0 Å². The Morgan fingerprint density at radius 3 is 2.76 bits per heavy atom. The van der Waals surface area contributed by atoms with Gasteiger partial charge in [-0.2, -0.15) is 4.57 Å². The third kappa shape index (κ3) is 2.99. The van der Waals surface area contributed by atoms with Crippen LogP contribution in [-0.2, 0) is 6.54 Å². The molecule has 0 amide bonds. The van der Waals surface area contributed by atoms with Crippen LogP contribution in [0.15, 0.2) is 48.0 Å². The Morgan fingerprint density at radius 2 is 2.00 bits per heavy atom. The van der Waals surface area contributed by atoms with Gasteiger partial charge in [0.05, 0.1) is 0 Å². The lowest BCUT2D eigenvalue weighted by Crippen LogP contribution is -2.36. The average molecular weight is 322 g/mol. The van der Waals surface area contributed by atoms with E-state index >= 15 is 0 Å². The lowest BCUT2D eigenvalue weighted by Gasteiger charge is -2.08.